The predicted molar refractivity (Wildman–Crippen MR) is 87.0 cm³/mol. The molecule has 8 heteroatoms. The number of piperidine rings is 1. The third-order valence-corrected chi connectivity index (χ3v) is 5.29. The molecule has 1 aromatic heterocycles. The first-order chi connectivity index (χ1) is 11.5. The zero-order chi connectivity index (χ0) is 16.7. The van der Waals surface area contributed by atoms with Crippen LogP contribution >= 0.6 is 0 Å². The number of urea groups is 1. The minimum Gasteiger partial charge on any atom is -0.380 e. The fourth-order valence-electron chi connectivity index (χ4n) is 3.41. The van der Waals surface area contributed by atoms with Gasteiger partial charge in [0.25, 0.3) is 0 Å². The monoisotopic (exact) mass is 335 g/mol. The van der Waals surface area contributed by atoms with E-state index in [1.807, 2.05) is 4.90 Å². The third-order valence-electron chi connectivity index (χ3n) is 5.29. The molecule has 4 rings (SSSR count). The number of nitrogens with zero attached hydrogens (tertiary/aromatic N) is 3. The molecular weight excluding hydrogens is 310 g/mol. The Balaban J connectivity index is 1.30. The summed E-state index contributed by atoms with van der Waals surface area (Å²) in [5.41, 5.74) is -0.0343. The Labute approximate surface area is 140 Å². The highest BCUT2D eigenvalue weighted by Gasteiger charge is 2.35. The van der Waals surface area contributed by atoms with Crippen LogP contribution in [0.2, 0.25) is 0 Å². The van der Waals surface area contributed by atoms with Crippen LogP contribution in [0, 0.1) is 5.41 Å². The van der Waals surface area contributed by atoms with E-state index in [2.05, 4.69) is 22.3 Å². The van der Waals surface area contributed by atoms with Gasteiger partial charge in [-0.3, -0.25) is 4.98 Å². The Morgan fingerprint density at radius 3 is 2.62 bits per heavy atom. The van der Waals surface area contributed by atoms with Crippen LogP contribution in [-0.4, -0.2) is 58.5 Å². The largest absolute Gasteiger partial charge is 0.380 e. The molecule has 0 unspecified atom stereocenters. The quantitative estimate of drug-likeness (QED) is 0.852. The van der Waals surface area contributed by atoms with Crippen molar-refractivity contribution in [3.63, 3.8) is 0 Å². The Kier molecular flexibility index (Phi) is 3.86. The highest BCUT2D eigenvalue weighted by Crippen LogP contribution is 2.37. The van der Waals surface area contributed by atoms with Crippen molar-refractivity contribution in [3.8, 4) is 0 Å². The summed E-state index contributed by atoms with van der Waals surface area (Å²) in [6.45, 7) is 5.49. The maximum atomic E-state index is 12.3. The van der Waals surface area contributed by atoms with Crippen molar-refractivity contribution >= 4 is 6.03 Å². The van der Waals surface area contributed by atoms with Crippen LogP contribution in [0.3, 0.4) is 0 Å². The van der Waals surface area contributed by atoms with E-state index in [0.717, 1.165) is 31.5 Å². The molecule has 2 aliphatic heterocycles. The summed E-state index contributed by atoms with van der Waals surface area (Å²) in [6, 6.07) is 0.0671. The third kappa shape index (κ3) is 3.07. The normalized spacial score (nSPS) is 23.8. The molecule has 2 saturated heterocycles. The zero-order valence-corrected chi connectivity index (χ0v) is 14.1. The fraction of sp³-hybridized carbons (Fsp3) is 0.812. The van der Waals surface area contributed by atoms with Crippen LogP contribution in [0.5, 0.6) is 0 Å². The highest BCUT2D eigenvalue weighted by atomic mass is 16.5. The Bertz CT molecular complexity index is 665. The SMILES string of the molecule is CC1(CNC(=O)N2CCC(n3nc(C4CC4)[nH]c3=O)CC2)COC1. The number of likely N-dealkylation sites (tertiary alicyclic amines) is 1. The Morgan fingerprint density at radius 2 is 2.04 bits per heavy atom. The molecule has 0 bridgehead atoms. The lowest BCUT2D eigenvalue weighted by Gasteiger charge is -2.39. The van der Waals surface area contributed by atoms with Gasteiger partial charge >= 0.3 is 11.7 Å². The lowest BCUT2D eigenvalue weighted by molar-refractivity contribution is -0.0979. The zero-order valence-electron chi connectivity index (χ0n) is 14.1. The second kappa shape index (κ2) is 5.91. The standard InChI is InChI=1S/C16H25N5O3/c1-16(9-24-10-16)8-17-14(22)20-6-4-12(5-7-20)21-15(23)18-13(19-21)11-2-3-11/h11-12H,2-10H2,1H3,(H,17,22)(H,18,19,23). The molecule has 2 N–H and O–H groups in total. The molecule has 0 spiro atoms. The first-order valence-electron chi connectivity index (χ1n) is 8.83. The number of ether oxygens (including phenoxy) is 1. The van der Waals surface area contributed by atoms with E-state index in [1.165, 1.54) is 0 Å². The molecule has 3 aliphatic rings. The Hall–Kier alpha value is -1.83. The van der Waals surface area contributed by atoms with E-state index in [-0.39, 0.29) is 23.2 Å². The van der Waals surface area contributed by atoms with Gasteiger partial charge in [0.15, 0.2) is 0 Å². The van der Waals surface area contributed by atoms with Crippen molar-refractivity contribution in [3.05, 3.63) is 16.3 Å². The lowest BCUT2D eigenvalue weighted by atomic mass is 9.89. The summed E-state index contributed by atoms with van der Waals surface area (Å²) in [5.74, 6) is 1.28. The average Bonchev–Trinajstić information content (AvgIpc) is 3.34. The fourth-order valence-corrected chi connectivity index (χ4v) is 3.41. The van der Waals surface area contributed by atoms with Gasteiger partial charge in [-0.15, -0.1) is 0 Å². The average molecular weight is 335 g/mol. The molecular formula is C16H25N5O3. The minimum absolute atomic E-state index is 0.0189. The second-order valence-corrected chi connectivity index (χ2v) is 7.71. The van der Waals surface area contributed by atoms with Gasteiger partial charge in [-0.25, -0.2) is 14.3 Å². The maximum absolute atomic E-state index is 12.3. The van der Waals surface area contributed by atoms with Crippen molar-refractivity contribution in [1.29, 1.82) is 0 Å². The molecule has 1 aromatic rings. The number of H-pyrrole nitrogens is 1. The maximum Gasteiger partial charge on any atom is 0.343 e. The number of amides is 2. The van der Waals surface area contributed by atoms with Gasteiger partial charge < -0.3 is 15.0 Å². The summed E-state index contributed by atoms with van der Waals surface area (Å²) in [5, 5.41) is 7.47. The smallest absolute Gasteiger partial charge is 0.343 e. The molecule has 1 aliphatic carbocycles. The number of nitrogens with one attached hydrogen (secondary N) is 2. The van der Waals surface area contributed by atoms with Gasteiger partial charge in [-0.2, -0.15) is 5.10 Å². The van der Waals surface area contributed by atoms with Gasteiger partial charge in [-0.1, -0.05) is 6.92 Å². The van der Waals surface area contributed by atoms with Gasteiger partial charge in [0, 0.05) is 31.0 Å². The summed E-state index contributed by atoms with van der Waals surface area (Å²) in [4.78, 5) is 29.1. The van der Waals surface area contributed by atoms with E-state index < -0.39 is 0 Å². The van der Waals surface area contributed by atoms with Crippen molar-refractivity contribution in [2.45, 2.75) is 44.6 Å². The lowest BCUT2D eigenvalue weighted by Crippen LogP contribution is -2.52. The van der Waals surface area contributed by atoms with Gasteiger partial charge in [0.2, 0.25) is 0 Å². The molecule has 3 heterocycles. The van der Waals surface area contributed by atoms with Crippen molar-refractivity contribution in [1.82, 2.24) is 25.0 Å². The number of aromatic nitrogens is 3. The van der Waals surface area contributed by atoms with Crippen LogP contribution < -0.4 is 11.0 Å². The molecule has 0 radical (unpaired) electrons. The van der Waals surface area contributed by atoms with E-state index in [1.54, 1.807) is 4.68 Å². The van der Waals surface area contributed by atoms with E-state index in [9.17, 15) is 9.59 Å². The summed E-state index contributed by atoms with van der Waals surface area (Å²) >= 11 is 0. The predicted octanol–water partition coefficient (Wildman–Crippen LogP) is 0.832. The number of hydrogen-bond donors (Lipinski definition) is 2. The van der Waals surface area contributed by atoms with Gasteiger partial charge in [-0.05, 0) is 25.7 Å². The van der Waals surface area contributed by atoms with Crippen LogP contribution in [-0.2, 0) is 4.74 Å². The number of carbonyl (C=O) groups is 1. The molecule has 0 atom stereocenters. The minimum atomic E-state index is -0.113. The van der Waals surface area contributed by atoms with Crippen molar-refractivity contribution < 1.29 is 9.53 Å². The summed E-state index contributed by atoms with van der Waals surface area (Å²) in [6.07, 6.45) is 3.77. The number of hydrogen-bond acceptors (Lipinski definition) is 4. The van der Waals surface area contributed by atoms with Gasteiger partial charge in [0.05, 0.1) is 19.3 Å². The Morgan fingerprint density at radius 1 is 1.33 bits per heavy atom. The second-order valence-electron chi connectivity index (χ2n) is 7.71. The molecule has 8 nitrogen and oxygen atoms in total. The highest BCUT2D eigenvalue weighted by molar-refractivity contribution is 5.74. The van der Waals surface area contributed by atoms with Crippen LogP contribution in [0.25, 0.3) is 0 Å². The first-order valence-corrected chi connectivity index (χ1v) is 8.83. The number of aromatic amines is 1. The van der Waals surface area contributed by atoms with Gasteiger partial charge in [0.1, 0.15) is 5.82 Å². The topological polar surface area (TPSA) is 92.3 Å². The molecule has 132 valence electrons. The van der Waals surface area contributed by atoms with E-state index in [4.69, 9.17) is 4.74 Å². The molecule has 0 aromatic carbocycles. The molecule has 3 fully saturated rings. The number of carbonyl (C=O) groups excluding carboxylic acids is 1. The van der Waals surface area contributed by atoms with E-state index in [0.29, 0.717) is 38.8 Å². The van der Waals surface area contributed by atoms with Crippen molar-refractivity contribution in [2.75, 3.05) is 32.8 Å². The summed E-state index contributed by atoms with van der Waals surface area (Å²) in [7, 11) is 0. The molecule has 24 heavy (non-hydrogen) atoms. The van der Waals surface area contributed by atoms with Crippen LogP contribution in [0.15, 0.2) is 4.79 Å². The molecule has 2 amide bonds. The number of rotatable bonds is 4. The molecule has 1 saturated carbocycles. The van der Waals surface area contributed by atoms with Crippen molar-refractivity contribution in [2.24, 2.45) is 5.41 Å². The summed E-state index contributed by atoms with van der Waals surface area (Å²) < 4.78 is 6.80. The first kappa shape index (κ1) is 15.7. The van der Waals surface area contributed by atoms with Crippen LogP contribution in [0.4, 0.5) is 4.79 Å². The van der Waals surface area contributed by atoms with Crippen LogP contribution in [0.1, 0.15) is 50.4 Å². The van der Waals surface area contributed by atoms with E-state index >= 15 is 0 Å².